The Balaban J connectivity index is 2.72. The van der Waals surface area contributed by atoms with E-state index in [1.165, 1.54) is 0 Å². The summed E-state index contributed by atoms with van der Waals surface area (Å²) in [6.45, 7) is 3.60. The minimum atomic E-state index is -5.25. The van der Waals surface area contributed by atoms with Gasteiger partial charge >= 0.3 is 91.6 Å². The predicted octanol–water partition coefficient (Wildman–Crippen LogP) is 0.000700. The first-order chi connectivity index (χ1) is 6.73. The van der Waals surface area contributed by atoms with Gasteiger partial charge in [0.15, 0.2) is 0 Å². The third kappa shape index (κ3) is 3.66. The molecule has 5 nitrogen and oxygen atoms in total. The molecule has 0 aromatic heterocycles. The monoisotopic (exact) mass is 276 g/mol. The van der Waals surface area contributed by atoms with Crippen molar-refractivity contribution in [2.45, 2.75) is 25.6 Å². The standard InChI is InChI=1S/C8H14AsBO5/c1-7-3-5-8(2,6-4-7)10(14)15-9(11,12)13/h3-5,14H,6H2,1-2H3,(H2,11,12,13). The number of allylic oxidation sites excluding steroid dienone is 4. The molecule has 1 atom stereocenters. The van der Waals surface area contributed by atoms with E-state index in [2.05, 4.69) is 3.64 Å². The van der Waals surface area contributed by atoms with Gasteiger partial charge in [-0.15, -0.1) is 0 Å². The average Bonchev–Trinajstić information content (AvgIpc) is 2.07. The van der Waals surface area contributed by atoms with Crippen LogP contribution < -0.4 is 0 Å². The fourth-order valence-corrected chi connectivity index (χ4v) is 2.32. The second-order valence-electron chi connectivity index (χ2n) is 3.94. The van der Waals surface area contributed by atoms with Crippen molar-refractivity contribution in [1.82, 2.24) is 0 Å². The number of hydrogen-bond donors (Lipinski definition) is 3. The van der Waals surface area contributed by atoms with Crippen molar-refractivity contribution in [3.05, 3.63) is 23.8 Å². The predicted molar refractivity (Wildman–Crippen MR) is 55.8 cm³/mol. The molecule has 0 aromatic carbocycles. The maximum atomic E-state index is 10.6. The summed E-state index contributed by atoms with van der Waals surface area (Å²) in [7, 11) is -1.49. The third-order valence-electron chi connectivity index (χ3n) is 2.39. The van der Waals surface area contributed by atoms with E-state index in [1.54, 1.807) is 19.1 Å². The minimum absolute atomic E-state index is 0.492. The molecule has 0 aliphatic heterocycles. The van der Waals surface area contributed by atoms with E-state index in [4.69, 9.17) is 8.19 Å². The van der Waals surface area contributed by atoms with Crippen LogP contribution in [0.1, 0.15) is 20.3 Å². The summed E-state index contributed by atoms with van der Waals surface area (Å²) in [5.41, 5.74) is 1.06. The van der Waals surface area contributed by atoms with E-state index in [0.717, 1.165) is 5.57 Å². The van der Waals surface area contributed by atoms with Gasteiger partial charge in [-0.2, -0.15) is 0 Å². The molecule has 84 valence electrons. The molecule has 7 heteroatoms. The molecular formula is C8H14AsBO5. The fraction of sp³-hybridized carbons (Fsp3) is 0.500. The molecule has 0 radical (unpaired) electrons. The van der Waals surface area contributed by atoms with Crippen molar-refractivity contribution in [2.75, 3.05) is 0 Å². The maximum absolute atomic E-state index is 10.6. The van der Waals surface area contributed by atoms with E-state index >= 15 is 0 Å². The van der Waals surface area contributed by atoms with Crippen molar-refractivity contribution in [1.29, 1.82) is 0 Å². The Morgan fingerprint density at radius 2 is 2.20 bits per heavy atom. The van der Waals surface area contributed by atoms with Gasteiger partial charge in [0.2, 0.25) is 0 Å². The van der Waals surface area contributed by atoms with Gasteiger partial charge in [0.1, 0.15) is 0 Å². The summed E-state index contributed by atoms with van der Waals surface area (Å²) in [5, 5.41) is 8.80. The van der Waals surface area contributed by atoms with E-state index in [9.17, 15) is 8.76 Å². The first-order valence-corrected chi connectivity index (χ1v) is 7.72. The van der Waals surface area contributed by atoms with Crippen LogP contribution in [0.15, 0.2) is 23.8 Å². The Kier molecular flexibility index (Phi) is 3.69. The zero-order chi connectivity index (χ0) is 11.7. The molecule has 1 aliphatic rings. The van der Waals surface area contributed by atoms with Crippen LogP contribution in [0.3, 0.4) is 0 Å². The second kappa shape index (κ2) is 4.31. The zero-order valence-corrected chi connectivity index (χ0v) is 10.5. The topological polar surface area (TPSA) is 87.0 Å². The second-order valence-corrected chi connectivity index (χ2v) is 6.44. The molecule has 0 heterocycles. The van der Waals surface area contributed by atoms with Crippen LogP contribution >= 0.6 is 0 Å². The SMILES string of the molecule is CC1=CCC(C)(B(O)O[As](=O)(O)O)C=C1. The fourth-order valence-electron chi connectivity index (χ4n) is 1.27. The molecule has 0 aromatic rings. The first kappa shape index (κ1) is 12.8. The van der Waals surface area contributed by atoms with Crippen molar-refractivity contribution < 1.29 is 20.6 Å². The Morgan fingerprint density at radius 1 is 1.60 bits per heavy atom. The van der Waals surface area contributed by atoms with Gasteiger partial charge in [0.25, 0.3) is 0 Å². The molecule has 0 amide bonds. The van der Waals surface area contributed by atoms with Crippen LogP contribution in [0.4, 0.5) is 0 Å². The van der Waals surface area contributed by atoms with Gasteiger partial charge in [-0.05, 0) is 0 Å². The number of hydrogen-bond acceptors (Lipinski definition) is 3. The Labute approximate surface area is 92.0 Å². The van der Waals surface area contributed by atoms with Crippen LogP contribution in [0.25, 0.3) is 0 Å². The molecule has 0 fully saturated rings. The molecule has 15 heavy (non-hydrogen) atoms. The van der Waals surface area contributed by atoms with Crippen LogP contribution in [0.5, 0.6) is 0 Å². The quantitative estimate of drug-likeness (QED) is 0.631. The van der Waals surface area contributed by atoms with Gasteiger partial charge in [-0.3, -0.25) is 0 Å². The molecule has 1 unspecified atom stereocenters. The average molecular weight is 276 g/mol. The molecule has 0 saturated carbocycles. The molecular weight excluding hydrogens is 262 g/mol. The molecule has 1 rings (SSSR count). The normalized spacial score (nSPS) is 26.3. The number of rotatable bonds is 3. The van der Waals surface area contributed by atoms with E-state index in [-0.39, 0.29) is 0 Å². The van der Waals surface area contributed by atoms with Crippen molar-refractivity contribution >= 4 is 21.6 Å². The van der Waals surface area contributed by atoms with E-state index in [0.29, 0.717) is 6.42 Å². The summed E-state index contributed by atoms with van der Waals surface area (Å²) in [4.78, 5) is 0. The van der Waals surface area contributed by atoms with E-state index in [1.807, 2.05) is 13.0 Å². The molecule has 1 aliphatic carbocycles. The third-order valence-corrected chi connectivity index (χ3v) is 3.39. The van der Waals surface area contributed by atoms with Gasteiger partial charge in [-0.25, -0.2) is 0 Å². The summed E-state index contributed by atoms with van der Waals surface area (Å²) >= 11 is -5.25. The molecule has 0 bridgehead atoms. The Bertz CT molecular complexity index is 347. The van der Waals surface area contributed by atoms with Gasteiger partial charge in [-0.1, -0.05) is 0 Å². The summed E-state index contributed by atoms with van der Waals surface area (Å²) in [6, 6.07) is 0. The summed E-state index contributed by atoms with van der Waals surface area (Å²) in [5.74, 6) is 0. The molecule has 0 spiro atoms. The van der Waals surface area contributed by atoms with Gasteiger partial charge < -0.3 is 0 Å². The van der Waals surface area contributed by atoms with Crippen LogP contribution in [0.2, 0.25) is 5.31 Å². The summed E-state index contributed by atoms with van der Waals surface area (Å²) < 4.78 is 32.2. The molecule has 3 N–H and O–H groups in total. The van der Waals surface area contributed by atoms with Gasteiger partial charge in [0.05, 0.1) is 0 Å². The van der Waals surface area contributed by atoms with E-state index < -0.39 is 26.9 Å². The zero-order valence-electron chi connectivity index (χ0n) is 8.62. The van der Waals surface area contributed by atoms with Crippen molar-refractivity contribution in [3.63, 3.8) is 0 Å². The Morgan fingerprint density at radius 3 is 2.60 bits per heavy atom. The van der Waals surface area contributed by atoms with Crippen LogP contribution in [-0.4, -0.2) is 34.8 Å². The van der Waals surface area contributed by atoms with Crippen molar-refractivity contribution in [2.24, 2.45) is 0 Å². The van der Waals surface area contributed by atoms with Gasteiger partial charge in [0, 0.05) is 0 Å². The summed E-state index contributed by atoms with van der Waals surface area (Å²) in [6.07, 6.45) is 5.88. The first-order valence-electron chi connectivity index (χ1n) is 4.51. The van der Waals surface area contributed by atoms with Crippen molar-refractivity contribution in [3.8, 4) is 0 Å². The molecule has 0 saturated heterocycles. The Hall–Kier alpha value is -0.257. The van der Waals surface area contributed by atoms with Crippen LogP contribution in [0, 0.1) is 0 Å². The van der Waals surface area contributed by atoms with Crippen LogP contribution in [-0.2, 0) is 7.38 Å².